The zero-order valence-corrected chi connectivity index (χ0v) is 11.0. The Morgan fingerprint density at radius 2 is 1.93 bits per heavy atom. The van der Waals surface area contributed by atoms with Crippen molar-refractivity contribution >= 4 is 27.5 Å². The van der Waals surface area contributed by atoms with Crippen LogP contribution in [-0.4, -0.2) is 24.5 Å². The van der Waals surface area contributed by atoms with Crippen LogP contribution < -0.4 is 5.32 Å². The standard InChI is InChI=1S/C10H21NOS2/c1-9(2)6-8-14-13-7-4-5-10(12)11-3/h9H,4-8H2,1-3H3,(H,11,12). The van der Waals surface area contributed by atoms with E-state index < -0.39 is 0 Å². The molecule has 0 aliphatic heterocycles. The number of carbonyl (C=O) groups is 1. The van der Waals surface area contributed by atoms with Gasteiger partial charge in [-0.1, -0.05) is 35.4 Å². The van der Waals surface area contributed by atoms with Gasteiger partial charge in [-0.05, 0) is 18.8 Å². The van der Waals surface area contributed by atoms with Crippen LogP contribution in [0.5, 0.6) is 0 Å². The molecule has 84 valence electrons. The first-order valence-corrected chi connectivity index (χ1v) is 7.60. The normalized spacial score (nSPS) is 10.6. The van der Waals surface area contributed by atoms with Crippen molar-refractivity contribution in [2.45, 2.75) is 33.1 Å². The lowest BCUT2D eigenvalue weighted by Gasteiger charge is -2.03. The molecule has 14 heavy (non-hydrogen) atoms. The van der Waals surface area contributed by atoms with Crippen LogP contribution in [0.3, 0.4) is 0 Å². The van der Waals surface area contributed by atoms with Crippen molar-refractivity contribution in [1.82, 2.24) is 5.32 Å². The minimum Gasteiger partial charge on any atom is -0.359 e. The van der Waals surface area contributed by atoms with Crippen LogP contribution in [0, 0.1) is 5.92 Å². The first-order valence-electron chi connectivity index (χ1n) is 5.11. The molecule has 4 heteroatoms. The third-order valence-corrected chi connectivity index (χ3v) is 4.30. The molecule has 0 aliphatic rings. The number of amides is 1. The minimum atomic E-state index is 0.151. The summed E-state index contributed by atoms with van der Waals surface area (Å²) >= 11 is 0. The Balaban J connectivity index is 3.03. The Morgan fingerprint density at radius 1 is 1.29 bits per heavy atom. The van der Waals surface area contributed by atoms with Gasteiger partial charge in [-0.25, -0.2) is 0 Å². The molecule has 0 heterocycles. The molecule has 0 saturated carbocycles. The van der Waals surface area contributed by atoms with Crippen LogP contribution in [0.25, 0.3) is 0 Å². The summed E-state index contributed by atoms with van der Waals surface area (Å²) in [7, 11) is 5.50. The topological polar surface area (TPSA) is 29.1 Å². The largest absolute Gasteiger partial charge is 0.359 e. The second-order valence-corrected chi connectivity index (χ2v) is 6.31. The molecule has 2 nitrogen and oxygen atoms in total. The highest BCUT2D eigenvalue weighted by Crippen LogP contribution is 2.24. The number of hydrogen-bond acceptors (Lipinski definition) is 3. The van der Waals surface area contributed by atoms with Crippen molar-refractivity contribution in [3.8, 4) is 0 Å². The fourth-order valence-corrected chi connectivity index (χ4v) is 3.23. The molecule has 0 fully saturated rings. The van der Waals surface area contributed by atoms with E-state index in [1.165, 1.54) is 12.2 Å². The maximum absolute atomic E-state index is 10.9. The molecular formula is C10H21NOS2. The highest BCUT2D eigenvalue weighted by Gasteiger charge is 1.98. The van der Waals surface area contributed by atoms with E-state index >= 15 is 0 Å². The van der Waals surface area contributed by atoms with Gasteiger partial charge in [0.05, 0.1) is 0 Å². The van der Waals surface area contributed by atoms with Crippen molar-refractivity contribution in [2.75, 3.05) is 18.6 Å². The number of nitrogens with one attached hydrogen (secondary N) is 1. The number of carbonyl (C=O) groups excluding carboxylic acids is 1. The van der Waals surface area contributed by atoms with Gasteiger partial charge in [0.15, 0.2) is 0 Å². The monoisotopic (exact) mass is 235 g/mol. The van der Waals surface area contributed by atoms with E-state index in [0.29, 0.717) is 6.42 Å². The molecule has 0 spiro atoms. The van der Waals surface area contributed by atoms with E-state index in [0.717, 1.165) is 18.1 Å². The molecule has 0 aromatic carbocycles. The van der Waals surface area contributed by atoms with E-state index in [1.54, 1.807) is 7.05 Å². The molecular weight excluding hydrogens is 214 g/mol. The molecule has 0 saturated heterocycles. The quantitative estimate of drug-likeness (QED) is 0.518. The van der Waals surface area contributed by atoms with Gasteiger partial charge in [0.1, 0.15) is 0 Å². The van der Waals surface area contributed by atoms with Crippen molar-refractivity contribution in [3.63, 3.8) is 0 Å². The average molecular weight is 235 g/mol. The van der Waals surface area contributed by atoms with E-state index in [1.807, 2.05) is 21.6 Å². The summed E-state index contributed by atoms with van der Waals surface area (Å²) in [6.45, 7) is 4.49. The molecule has 1 N–H and O–H groups in total. The summed E-state index contributed by atoms with van der Waals surface area (Å²) in [5.74, 6) is 3.25. The van der Waals surface area contributed by atoms with E-state index in [2.05, 4.69) is 19.2 Å². The summed E-state index contributed by atoms with van der Waals surface area (Å²) < 4.78 is 0. The SMILES string of the molecule is CNC(=O)CCCSSCCC(C)C. The lowest BCUT2D eigenvalue weighted by molar-refractivity contribution is -0.120. The molecule has 0 radical (unpaired) electrons. The van der Waals surface area contributed by atoms with Crippen LogP contribution in [0.15, 0.2) is 0 Å². The van der Waals surface area contributed by atoms with E-state index in [4.69, 9.17) is 0 Å². The Bertz CT molecular complexity index is 151. The Labute approximate surface area is 95.4 Å². The predicted octanol–water partition coefficient (Wildman–Crippen LogP) is 2.94. The van der Waals surface area contributed by atoms with E-state index in [9.17, 15) is 4.79 Å². The maximum atomic E-state index is 10.9. The Hall–Kier alpha value is 0.170. The lowest BCUT2D eigenvalue weighted by atomic mass is 10.2. The van der Waals surface area contributed by atoms with Crippen molar-refractivity contribution < 1.29 is 4.79 Å². The summed E-state index contributed by atoms with van der Waals surface area (Å²) in [5.41, 5.74) is 0. The zero-order valence-electron chi connectivity index (χ0n) is 9.34. The third-order valence-electron chi connectivity index (χ3n) is 1.77. The molecule has 1 amide bonds. The Kier molecular flexibility index (Phi) is 9.83. The van der Waals surface area contributed by atoms with Gasteiger partial charge in [-0.2, -0.15) is 0 Å². The molecule has 0 atom stereocenters. The van der Waals surface area contributed by atoms with Crippen LogP contribution in [0.4, 0.5) is 0 Å². The van der Waals surface area contributed by atoms with Gasteiger partial charge in [0.25, 0.3) is 0 Å². The first-order chi connectivity index (χ1) is 6.66. The number of rotatable bonds is 8. The van der Waals surface area contributed by atoms with Crippen LogP contribution in [0.2, 0.25) is 0 Å². The van der Waals surface area contributed by atoms with Gasteiger partial charge in [0, 0.05) is 25.0 Å². The van der Waals surface area contributed by atoms with Crippen molar-refractivity contribution in [1.29, 1.82) is 0 Å². The smallest absolute Gasteiger partial charge is 0.219 e. The second kappa shape index (κ2) is 9.71. The maximum Gasteiger partial charge on any atom is 0.219 e. The first kappa shape index (κ1) is 14.2. The molecule has 0 aliphatic carbocycles. The minimum absolute atomic E-state index is 0.151. The molecule has 0 aromatic heterocycles. The summed E-state index contributed by atoms with van der Waals surface area (Å²) in [6.07, 6.45) is 2.93. The Morgan fingerprint density at radius 3 is 2.50 bits per heavy atom. The van der Waals surface area contributed by atoms with Gasteiger partial charge in [-0.15, -0.1) is 0 Å². The van der Waals surface area contributed by atoms with Crippen molar-refractivity contribution in [2.24, 2.45) is 5.92 Å². The van der Waals surface area contributed by atoms with Crippen LogP contribution >= 0.6 is 21.6 Å². The van der Waals surface area contributed by atoms with Crippen molar-refractivity contribution in [3.05, 3.63) is 0 Å². The second-order valence-electron chi connectivity index (χ2n) is 3.60. The fourth-order valence-electron chi connectivity index (χ4n) is 0.818. The molecule has 0 unspecified atom stereocenters. The lowest BCUT2D eigenvalue weighted by Crippen LogP contribution is -2.17. The third kappa shape index (κ3) is 10.3. The summed E-state index contributed by atoms with van der Waals surface area (Å²) in [5, 5.41) is 2.63. The fraction of sp³-hybridized carbons (Fsp3) is 0.900. The highest BCUT2D eigenvalue weighted by molar-refractivity contribution is 8.76. The van der Waals surface area contributed by atoms with Gasteiger partial charge >= 0.3 is 0 Å². The highest BCUT2D eigenvalue weighted by atomic mass is 33.1. The van der Waals surface area contributed by atoms with Crippen LogP contribution in [-0.2, 0) is 4.79 Å². The molecule has 0 aromatic rings. The molecule has 0 rings (SSSR count). The van der Waals surface area contributed by atoms with Gasteiger partial charge < -0.3 is 5.32 Å². The summed E-state index contributed by atoms with van der Waals surface area (Å²) in [6, 6.07) is 0. The van der Waals surface area contributed by atoms with E-state index in [-0.39, 0.29) is 5.91 Å². The van der Waals surface area contributed by atoms with Gasteiger partial charge in [-0.3, -0.25) is 4.79 Å². The predicted molar refractivity (Wildman–Crippen MR) is 67.7 cm³/mol. The number of hydrogen-bond donors (Lipinski definition) is 1. The van der Waals surface area contributed by atoms with Crippen LogP contribution in [0.1, 0.15) is 33.1 Å². The van der Waals surface area contributed by atoms with Gasteiger partial charge in [0.2, 0.25) is 5.91 Å². The summed E-state index contributed by atoms with van der Waals surface area (Å²) in [4.78, 5) is 10.9. The molecule has 0 bridgehead atoms. The average Bonchev–Trinajstić information content (AvgIpc) is 2.15. The zero-order chi connectivity index (χ0) is 10.8.